The number of amides is 2. The van der Waals surface area contributed by atoms with Crippen LogP contribution in [0.4, 0.5) is 18.9 Å². The Morgan fingerprint density at radius 1 is 0.909 bits per heavy atom. The zero-order valence-electron chi connectivity index (χ0n) is 17.5. The quantitative estimate of drug-likeness (QED) is 0.443. The lowest BCUT2D eigenvalue weighted by molar-refractivity contribution is -0.137. The Balaban J connectivity index is 1.53. The summed E-state index contributed by atoms with van der Waals surface area (Å²) in [4.78, 5) is 23.9. The summed E-state index contributed by atoms with van der Waals surface area (Å²) in [7, 11) is 0. The number of hydrogen-bond acceptors (Lipinski definition) is 3. The highest BCUT2D eigenvalue weighted by molar-refractivity contribution is 5.99. The second-order valence-electron chi connectivity index (χ2n) is 7.07. The number of benzene rings is 3. The fraction of sp³-hybridized carbons (Fsp3) is 0.120. The van der Waals surface area contributed by atoms with E-state index in [2.05, 4.69) is 17.2 Å². The number of halogens is 3. The summed E-state index contributed by atoms with van der Waals surface area (Å²) < 4.78 is 43.5. The van der Waals surface area contributed by atoms with Gasteiger partial charge in [-0.1, -0.05) is 36.9 Å². The largest absolute Gasteiger partial charge is 0.457 e. The monoisotopic (exact) mass is 454 g/mol. The Morgan fingerprint density at radius 2 is 1.52 bits per heavy atom. The van der Waals surface area contributed by atoms with Crippen molar-refractivity contribution in [2.45, 2.75) is 19.1 Å². The van der Waals surface area contributed by atoms with Crippen molar-refractivity contribution in [3.63, 3.8) is 0 Å². The van der Waals surface area contributed by atoms with Crippen LogP contribution in [-0.2, 0) is 28.7 Å². The molecule has 0 fully saturated rings. The first-order valence-electron chi connectivity index (χ1n) is 9.96. The third-order valence-electron chi connectivity index (χ3n) is 4.64. The summed E-state index contributed by atoms with van der Waals surface area (Å²) in [6.45, 7) is 3.69. The van der Waals surface area contributed by atoms with Crippen molar-refractivity contribution in [1.29, 1.82) is 0 Å². The van der Waals surface area contributed by atoms with Gasteiger partial charge in [-0.2, -0.15) is 13.2 Å². The molecule has 3 aromatic rings. The van der Waals surface area contributed by atoms with Gasteiger partial charge >= 0.3 is 6.18 Å². The summed E-state index contributed by atoms with van der Waals surface area (Å²) in [5.74, 6) is 0.157. The third-order valence-corrected chi connectivity index (χ3v) is 4.64. The molecule has 8 heteroatoms. The van der Waals surface area contributed by atoms with Crippen molar-refractivity contribution in [2.24, 2.45) is 0 Å². The van der Waals surface area contributed by atoms with Crippen LogP contribution in [0, 0.1) is 0 Å². The highest BCUT2D eigenvalue weighted by Crippen LogP contribution is 2.31. The topological polar surface area (TPSA) is 67.4 Å². The van der Waals surface area contributed by atoms with Gasteiger partial charge in [0.05, 0.1) is 12.0 Å². The van der Waals surface area contributed by atoms with Crippen molar-refractivity contribution in [3.8, 4) is 11.5 Å². The molecule has 0 atom stereocenters. The standard InChI is InChI=1S/C25H21F3N2O3/c1-2-23(31)30-22-6-4-3-5-18(22)15-24(32)29-16-17-7-11-20(12-8-17)33-21-13-9-19(10-14-21)25(26,27)28/h2-14H,1,15-16H2,(H,29,32)(H,30,31). The van der Waals surface area contributed by atoms with Crippen LogP contribution in [-0.4, -0.2) is 11.8 Å². The third kappa shape index (κ3) is 6.96. The lowest BCUT2D eigenvalue weighted by atomic mass is 10.1. The molecule has 0 heterocycles. The highest BCUT2D eigenvalue weighted by atomic mass is 19.4. The van der Waals surface area contributed by atoms with E-state index in [0.29, 0.717) is 17.0 Å². The van der Waals surface area contributed by atoms with Crippen LogP contribution in [0.15, 0.2) is 85.5 Å². The predicted molar refractivity (Wildman–Crippen MR) is 119 cm³/mol. The minimum atomic E-state index is -4.40. The van der Waals surface area contributed by atoms with Crippen LogP contribution in [0.25, 0.3) is 0 Å². The minimum absolute atomic E-state index is 0.0860. The first kappa shape index (κ1) is 23.6. The predicted octanol–water partition coefficient (Wildman–Crippen LogP) is 5.48. The van der Waals surface area contributed by atoms with E-state index in [1.165, 1.54) is 12.1 Å². The van der Waals surface area contributed by atoms with Crippen LogP contribution in [0.2, 0.25) is 0 Å². The second kappa shape index (κ2) is 10.5. The van der Waals surface area contributed by atoms with Gasteiger partial charge < -0.3 is 15.4 Å². The summed E-state index contributed by atoms with van der Waals surface area (Å²) in [5, 5.41) is 5.48. The lowest BCUT2D eigenvalue weighted by Gasteiger charge is -2.11. The number of anilines is 1. The molecule has 0 bridgehead atoms. The molecule has 5 nitrogen and oxygen atoms in total. The maximum atomic E-state index is 12.6. The van der Waals surface area contributed by atoms with Crippen LogP contribution >= 0.6 is 0 Å². The highest BCUT2D eigenvalue weighted by Gasteiger charge is 2.30. The van der Waals surface area contributed by atoms with Gasteiger partial charge in [0.15, 0.2) is 0 Å². The maximum Gasteiger partial charge on any atom is 0.416 e. The number of para-hydroxylation sites is 1. The average molecular weight is 454 g/mol. The Labute approximate surface area is 188 Å². The molecule has 0 aliphatic carbocycles. The van der Waals surface area contributed by atoms with Crippen molar-refractivity contribution in [1.82, 2.24) is 5.32 Å². The van der Waals surface area contributed by atoms with Crippen LogP contribution < -0.4 is 15.4 Å². The molecule has 2 amide bonds. The van der Waals surface area contributed by atoms with Gasteiger partial charge in [-0.3, -0.25) is 9.59 Å². The van der Waals surface area contributed by atoms with E-state index in [0.717, 1.165) is 23.8 Å². The minimum Gasteiger partial charge on any atom is -0.457 e. The molecule has 0 saturated carbocycles. The van der Waals surface area contributed by atoms with Gasteiger partial charge in [0.2, 0.25) is 11.8 Å². The van der Waals surface area contributed by atoms with Crippen molar-refractivity contribution in [3.05, 3.63) is 102 Å². The zero-order chi connectivity index (χ0) is 23.8. The van der Waals surface area contributed by atoms with Gasteiger partial charge in [0, 0.05) is 12.2 Å². The Hall–Kier alpha value is -4.07. The molecule has 3 rings (SSSR count). The first-order chi connectivity index (χ1) is 15.7. The Bertz CT molecular complexity index is 1120. The first-order valence-corrected chi connectivity index (χ1v) is 9.96. The summed E-state index contributed by atoms with van der Waals surface area (Å²) in [5.41, 5.74) is 1.29. The fourth-order valence-electron chi connectivity index (χ4n) is 2.94. The van der Waals surface area contributed by atoms with Crippen molar-refractivity contribution < 1.29 is 27.5 Å². The van der Waals surface area contributed by atoms with Gasteiger partial charge in [-0.05, 0) is 59.7 Å². The molecule has 0 aliphatic rings. The Kier molecular flexibility index (Phi) is 7.50. The van der Waals surface area contributed by atoms with E-state index in [1.807, 2.05) is 0 Å². The van der Waals surface area contributed by atoms with Gasteiger partial charge in [-0.25, -0.2) is 0 Å². The van der Waals surface area contributed by atoms with Crippen molar-refractivity contribution >= 4 is 17.5 Å². The molecular formula is C25H21F3N2O3. The molecule has 33 heavy (non-hydrogen) atoms. The molecule has 170 valence electrons. The van der Waals surface area contributed by atoms with E-state index in [9.17, 15) is 22.8 Å². The van der Waals surface area contributed by atoms with Crippen LogP contribution in [0.5, 0.6) is 11.5 Å². The number of carbonyl (C=O) groups excluding carboxylic acids is 2. The second-order valence-corrected chi connectivity index (χ2v) is 7.07. The number of alkyl halides is 3. The number of hydrogen-bond donors (Lipinski definition) is 2. The molecule has 0 unspecified atom stereocenters. The number of ether oxygens (including phenoxy) is 1. The van der Waals surface area contributed by atoms with E-state index >= 15 is 0 Å². The number of nitrogens with one attached hydrogen (secondary N) is 2. The molecule has 0 aliphatic heterocycles. The smallest absolute Gasteiger partial charge is 0.416 e. The number of carbonyl (C=O) groups is 2. The van der Waals surface area contributed by atoms with Crippen LogP contribution in [0.1, 0.15) is 16.7 Å². The van der Waals surface area contributed by atoms with Crippen molar-refractivity contribution in [2.75, 3.05) is 5.32 Å². The van der Waals surface area contributed by atoms with Gasteiger partial charge in [-0.15, -0.1) is 0 Å². The lowest BCUT2D eigenvalue weighted by Crippen LogP contribution is -2.25. The zero-order valence-corrected chi connectivity index (χ0v) is 17.5. The van der Waals surface area contributed by atoms with E-state index in [4.69, 9.17) is 4.74 Å². The molecule has 0 aromatic heterocycles. The molecule has 2 N–H and O–H groups in total. The normalized spacial score (nSPS) is 10.9. The van der Waals surface area contributed by atoms with E-state index in [-0.39, 0.29) is 30.5 Å². The summed E-state index contributed by atoms with van der Waals surface area (Å²) in [6.07, 6.45) is -3.16. The van der Waals surface area contributed by atoms with Crippen LogP contribution in [0.3, 0.4) is 0 Å². The summed E-state index contributed by atoms with van der Waals surface area (Å²) >= 11 is 0. The molecule has 0 saturated heterocycles. The molecule has 0 radical (unpaired) electrons. The fourth-order valence-corrected chi connectivity index (χ4v) is 2.94. The van der Waals surface area contributed by atoms with E-state index in [1.54, 1.807) is 48.5 Å². The van der Waals surface area contributed by atoms with Gasteiger partial charge in [0.25, 0.3) is 0 Å². The molecular weight excluding hydrogens is 433 g/mol. The number of rotatable bonds is 8. The Morgan fingerprint density at radius 3 is 2.12 bits per heavy atom. The average Bonchev–Trinajstić information content (AvgIpc) is 2.79. The maximum absolute atomic E-state index is 12.6. The summed E-state index contributed by atoms with van der Waals surface area (Å²) in [6, 6.07) is 18.3. The molecule has 3 aromatic carbocycles. The van der Waals surface area contributed by atoms with E-state index < -0.39 is 11.7 Å². The van der Waals surface area contributed by atoms with Gasteiger partial charge in [0.1, 0.15) is 11.5 Å². The molecule has 0 spiro atoms. The SMILES string of the molecule is C=CC(=O)Nc1ccccc1CC(=O)NCc1ccc(Oc2ccc(C(F)(F)F)cc2)cc1.